The lowest BCUT2D eigenvalue weighted by atomic mass is 9.94. The molecule has 0 aliphatic carbocycles. The average Bonchev–Trinajstić information content (AvgIpc) is 3.40. The van der Waals surface area contributed by atoms with Gasteiger partial charge in [-0.15, -0.1) is 35.3 Å². The zero-order chi connectivity index (χ0) is 19.8. The molecule has 3 rings (SSSR count). The summed E-state index contributed by atoms with van der Waals surface area (Å²) in [5, 5.41) is 10.3. The monoisotopic (exact) mass is 527 g/mol. The first kappa shape index (κ1) is 23.9. The summed E-state index contributed by atoms with van der Waals surface area (Å²) in [5.41, 5.74) is 2.49. The maximum Gasteiger partial charge on any atom is 0.191 e. The number of benzene rings is 1. The third-order valence-electron chi connectivity index (χ3n) is 5.34. The van der Waals surface area contributed by atoms with Crippen molar-refractivity contribution < 1.29 is 0 Å². The van der Waals surface area contributed by atoms with E-state index in [-0.39, 0.29) is 24.0 Å². The van der Waals surface area contributed by atoms with Gasteiger partial charge in [-0.1, -0.05) is 37.3 Å². The number of hydrogen-bond acceptors (Lipinski definition) is 4. The highest BCUT2D eigenvalue weighted by atomic mass is 127. The molecule has 1 aliphatic heterocycles. The molecule has 160 valence electrons. The summed E-state index contributed by atoms with van der Waals surface area (Å²) in [4.78, 5) is 12.0. The Morgan fingerprint density at radius 3 is 2.62 bits per heavy atom. The Morgan fingerprint density at radius 1 is 1.21 bits per heavy atom. The van der Waals surface area contributed by atoms with E-state index in [4.69, 9.17) is 9.98 Å². The first-order chi connectivity index (χ1) is 13.7. The van der Waals surface area contributed by atoms with Gasteiger partial charge in [0, 0.05) is 49.9 Å². The number of aliphatic imine (C=N–C) groups is 1. The smallest absolute Gasteiger partial charge is 0.191 e. The molecule has 2 aromatic rings. The lowest BCUT2D eigenvalue weighted by molar-refractivity contribution is 0.550. The summed E-state index contributed by atoms with van der Waals surface area (Å²) in [6, 6.07) is 10.9. The second-order valence-electron chi connectivity index (χ2n) is 7.46. The molecule has 1 aromatic heterocycles. The van der Waals surface area contributed by atoms with Crippen molar-refractivity contribution >= 4 is 46.4 Å². The quantitative estimate of drug-likeness (QED) is 0.298. The van der Waals surface area contributed by atoms with Gasteiger partial charge in [0.05, 0.1) is 5.69 Å². The SMILES string of the molecule is CCNC(=NCCc1csc(N2CCCC2)n1)NC(C)C(C)c1ccccc1.I. The van der Waals surface area contributed by atoms with Crippen molar-refractivity contribution in [2.75, 3.05) is 31.1 Å². The van der Waals surface area contributed by atoms with Crippen LogP contribution in [-0.4, -0.2) is 43.2 Å². The number of guanidine groups is 1. The van der Waals surface area contributed by atoms with E-state index >= 15 is 0 Å². The first-order valence-electron chi connectivity index (χ1n) is 10.5. The van der Waals surface area contributed by atoms with Crippen LogP contribution in [0.1, 0.15) is 50.8 Å². The molecule has 2 N–H and O–H groups in total. The van der Waals surface area contributed by atoms with Crippen molar-refractivity contribution in [2.24, 2.45) is 4.99 Å². The fourth-order valence-electron chi connectivity index (χ4n) is 3.45. The van der Waals surface area contributed by atoms with Crippen molar-refractivity contribution in [1.82, 2.24) is 15.6 Å². The largest absolute Gasteiger partial charge is 0.357 e. The minimum absolute atomic E-state index is 0. The van der Waals surface area contributed by atoms with E-state index in [1.54, 1.807) is 11.3 Å². The number of anilines is 1. The predicted octanol–water partition coefficient (Wildman–Crippen LogP) is 4.65. The highest BCUT2D eigenvalue weighted by Crippen LogP contribution is 2.24. The molecule has 7 heteroatoms. The first-order valence-corrected chi connectivity index (χ1v) is 11.3. The number of nitrogens with zero attached hydrogens (tertiary/aromatic N) is 3. The molecule has 0 amide bonds. The van der Waals surface area contributed by atoms with Crippen LogP contribution in [0.4, 0.5) is 5.13 Å². The Bertz CT molecular complexity index is 743. The molecule has 29 heavy (non-hydrogen) atoms. The molecular formula is C22H34IN5S. The number of thiazole rings is 1. The van der Waals surface area contributed by atoms with Crippen LogP contribution in [0.2, 0.25) is 0 Å². The molecule has 1 fully saturated rings. The van der Waals surface area contributed by atoms with Crippen LogP contribution in [-0.2, 0) is 6.42 Å². The third-order valence-corrected chi connectivity index (χ3v) is 6.29. The van der Waals surface area contributed by atoms with E-state index in [1.165, 1.54) is 23.5 Å². The molecule has 1 aromatic carbocycles. The van der Waals surface area contributed by atoms with Gasteiger partial charge in [0.1, 0.15) is 0 Å². The van der Waals surface area contributed by atoms with Crippen LogP contribution in [0.3, 0.4) is 0 Å². The standard InChI is InChI=1S/C22H33N5S.HI/c1-4-23-21(25-18(3)17(2)19-10-6-5-7-11-19)24-13-12-20-16-28-22(26-20)27-14-8-9-15-27;/h5-7,10-11,16-18H,4,8-9,12-15H2,1-3H3,(H2,23,24,25);1H. The lowest BCUT2D eigenvalue weighted by Crippen LogP contribution is -2.44. The Kier molecular flexibility index (Phi) is 10.2. The fourth-order valence-corrected chi connectivity index (χ4v) is 4.37. The van der Waals surface area contributed by atoms with Gasteiger partial charge in [0.2, 0.25) is 0 Å². The van der Waals surface area contributed by atoms with Crippen LogP contribution < -0.4 is 15.5 Å². The molecule has 1 saturated heterocycles. The second-order valence-corrected chi connectivity index (χ2v) is 8.30. The van der Waals surface area contributed by atoms with Crippen LogP contribution in [0.5, 0.6) is 0 Å². The zero-order valence-corrected chi connectivity index (χ0v) is 20.9. The fraction of sp³-hybridized carbons (Fsp3) is 0.545. The molecule has 2 unspecified atom stereocenters. The molecular weight excluding hydrogens is 493 g/mol. The topological polar surface area (TPSA) is 52.6 Å². The van der Waals surface area contributed by atoms with Gasteiger partial charge in [-0.25, -0.2) is 4.98 Å². The van der Waals surface area contributed by atoms with Crippen molar-refractivity contribution in [2.45, 2.75) is 52.0 Å². The minimum atomic E-state index is 0. The summed E-state index contributed by atoms with van der Waals surface area (Å²) in [7, 11) is 0. The van der Waals surface area contributed by atoms with E-state index in [9.17, 15) is 0 Å². The van der Waals surface area contributed by atoms with E-state index < -0.39 is 0 Å². The maximum absolute atomic E-state index is 4.80. The van der Waals surface area contributed by atoms with Gasteiger partial charge in [0.25, 0.3) is 0 Å². The van der Waals surface area contributed by atoms with Gasteiger partial charge >= 0.3 is 0 Å². The van der Waals surface area contributed by atoms with Crippen molar-refractivity contribution in [3.05, 3.63) is 47.0 Å². The van der Waals surface area contributed by atoms with E-state index in [0.29, 0.717) is 12.0 Å². The maximum atomic E-state index is 4.80. The highest BCUT2D eigenvalue weighted by molar-refractivity contribution is 14.0. The van der Waals surface area contributed by atoms with Crippen LogP contribution in [0, 0.1) is 0 Å². The minimum Gasteiger partial charge on any atom is -0.357 e. The van der Waals surface area contributed by atoms with Crippen molar-refractivity contribution in [3.8, 4) is 0 Å². The normalized spacial score (nSPS) is 16.2. The van der Waals surface area contributed by atoms with Gasteiger partial charge in [0.15, 0.2) is 11.1 Å². The van der Waals surface area contributed by atoms with Gasteiger partial charge in [-0.2, -0.15) is 0 Å². The van der Waals surface area contributed by atoms with Crippen LogP contribution in [0.25, 0.3) is 0 Å². The molecule has 5 nitrogen and oxygen atoms in total. The summed E-state index contributed by atoms with van der Waals surface area (Å²) in [6.07, 6.45) is 3.45. The molecule has 1 aliphatic rings. The highest BCUT2D eigenvalue weighted by Gasteiger charge is 2.16. The average molecular weight is 528 g/mol. The molecule has 0 bridgehead atoms. The van der Waals surface area contributed by atoms with Crippen LogP contribution >= 0.6 is 35.3 Å². The molecule has 0 radical (unpaired) electrons. The summed E-state index contributed by atoms with van der Waals surface area (Å²) >= 11 is 1.76. The number of nitrogens with one attached hydrogen (secondary N) is 2. The number of aromatic nitrogens is 1. The second kappa shape index (κ2) is 12.4. The number of hydrogen-bond donors (Lipinski definition) is 2. The molecule has 2 atom stereocenters. The lowest BCUT2D eigenvalue weighted by Gasteiger charge is -2.24. The Morgan fingerprint density at radius 2 is 1.93 bits per heavy atom. The van der Waals surface area contributed by atoms with E-state index in [0.717, 1.165) is 44.3 Å². The van der Waals surface area contributed by atoms with Crippen LogP contribution in [0.15, 0.2) is 40.7 Å². The van der Waals surface area contributed by atoms with Crippen molar-refractivity contribution in [1.29, 1.82) is 0 Å². The van der Waals surface area contributed by atoms with Gasteiger partial charge in [-0.05, 0) is 32.3 Å². The van der Waals surface area contributed by atoms with Gasteiger partial charge < -0.3 is 15.5 Å². The molecule has 2 heterocycles. The Hall–Kier alpha value is -1.35. The third kappa shape index (κ3) is 7.13. The zero-order valence-electron chi connectivity index (χ0n) is 17.7. The Balaban J connectivity index is 0.00000300. The summed E-state index contributed by atoms with van der Waals surface area (Å²) in [6.45, 7) is 10.5. The van der Waals surface area contributed by atoms with E-state index in [1.807, 2.05) is 0 Å². The number of halogens is 1. The van der Waals surface area contributed by atoms with Gasteiger partial charge in [-0.3, -0.25) is 4.99 Å². The molecule has 0 saturated carbocycles. The predicted molar refractivity (Wildman–Crippen MR) is 136 cm³/mol. The molecule has 0 spiro atoms. The van der Waals surface area contributed by atoms with E-state index in [2.05, 4.69) is 72.0 Å². The Labute approximate surface area is 196 Å². The summed E-state index contributed by atoms with van der Waals surface area (Å²) < 4.78 is 0. The summed E-state index contributed by atoms with van der Waals surface area (Å²) in [5.74, 6) is 1.29. The number of rotatable bonds is 8. The van der Waals surface area contributed by atoms with Crippen molar-refractivity contribution in [3.63, 3.8) is 0 Å².